The second-order valence-electron chi connectivity index (χ2n) is 7.93. The normalized spacial score (nSPS) is 11.8. The molecule has 4 rings (SSSR count). The molecule has 0 unspecified atom stereocenters. The van der Waals surface area contributed by atoms with E-state index in [4.69, 9.17) is 4.74 Å². The van der Waals surface area contributed by atoms with Crippen LogP contribution in [0.25, 0.3) is 33.2 Å². The number of alkyl carbamates (subject to hydrolysis) is 1. The van der Waals surface area contributed by atoms with E-state index in [2.05, 4.69) is 20.3 Å². The van der Waals surface area contributed by atoms with E-state index in [1.54, 1.807) is 20.8 Å². The summed E-state index contributed by atoms with van der Waals surface area (Å²) in [5, 5.41) is 2.93. The molecule has 2 N–H and O–H groups in total. The molecule has 0 bridgehead atoms. The molecule has 0 aliphatic heterocycles. The van der Waals surface area contributed by atoms with Gasteiger partial charge in [-0.15, -0.1) is 0 Å². The van der Waals surface area contributed by atoms with Crippen LogP contribution in [0.4, 0.5) is 13.6 Å². The van der Waals surface area contributed by atoms with Gasteiger partial charge in [0.25, 0.3) is 0 Å². The van der Waals surface area contributed by atoms with Gasteiger partial charge in [-0.25, -0.2) is 23.5 Å². The molecule has 0 radical (unpaired) electrons. The van der Waals surface area contributed by atoms with Crippen LogP contribution in [0.1, 0.15) is 26.3 Å². The predicted molar refractivity (Wildman–Crippen MR) is 110 cm³/mol. The highest BCUT2D eigenvalue weighted by Gasteiger charge is 2.17. The number of hydrogen-bond donors (Lipinski definition) is 2. The highest BCUT2D eigenvalue weighted by molar-refractivity contribution is 6.08. The Hall–Kier alpha value is -3.55. The van der Waals surface area contributed by atoms with Crippen molar-refractivity contribution in [3.8, 4) is 11.3 Å². The minimum Gasteiger partial charge on any atom is -0.444 e. The van der Waals surface area contributed by atoms with Gasteiger partial charge >= 0.3 is 6.09 Å². The number of nitrogens with one attached hydrogen (secondary N) is 2. The van der Waals surface area contributed by atoms with Gasteiger partial charge in [-0.3, -0.25) is 0 Å². The largest absolute Gasteiger partial charge is 0.444 e. The number of halogens is 2. The van der Waals surface area contributed by atoms with Crippen LogP contribution in [-0.2, 0) is 11.3 Å². The van der Waals surface area contributed by atoms with Crippen LogP contribution in [0.3, 0.4) is 0 Å². The van der Waals surface area contributed by atoms with Crippen LogP contribution in [-0.4, -0.2) is 26.6 Å². The fourth-order valence-electron chi connectivity index (χ4n) is 3.23. The van der Waals surface area contributed by atoms with E-state index in [1.807, 2.05) is 24.3 Å². The van der Waals surface area contributed by atoms with E-state index in [1.165, 1.54) is 12.4 Å². The molecule has 30 heavy (non-hydrogen) atoms. The van der Waals surface area contributed by atoms with Crippen molar-refractivity contribution in [2.45, 2.75) is 32.9 Å². The summed E-state index contributed by atoms with van der Waals surface area (Å²) in [4.78, 5) is 23.3. The molecule has 0 aliphatic carbocycles. The lowest BCUT2D eigenvalue weighted by atomic mass is 10.1. The summed E-state index contributed by atoms with van der Waals surface area (Å²) in [7, 11) is 0. The molecule has 0 saturated heterocycles. The first-order valence-electron chi connectivity index (χ1n) is 9.39. The summed E-state index contributed by atoms with van der Waals surface area (Å²) >= 11 is 0. The quantitative estimate of drug-likeness (QED) is 0.494. The third kappa shape index (κ3) is 3.94. The molecule has 2 aromatic carbocycles. The molecule has 8 heteroatoms. The van der Waals surface area contributed by atoms with Gasteiger partial charge in [0.1, 0.15) is 29.1 Å². The minimum atomic E-state index is -0.676. The Kier molecular flexibility index (Phi) is 4.85. The van der Waals surface area contributed by atoms with Gasteiger partial charge in [0, 0.05) is 18.2 Å². The van der Waals surface area contributed by atoms with Crippen molar-refractivity contribution in [1.29, 1.82) is 0 Å². The molecular formula is C22H20F2N4O2. The van der Waals surface area contributed by atoms with Crippen molar-refractivity contribution in [3.63, 3.8) is 0 Å². The van der Waals surface area contributed by atoms with E-state index in [-0.39, 0.29) is 5.39 Å². The second kappa shape index (κ2) is 7.37. The van der Waals surface area contributed by atoms with E-state index in [0.29, 0.717) is 28.8 Å². The van der Waals surface area contributed by atoms with Crippen molar-refractivity contribution in [1.82, 2.24) is 20.3 Å². The standard InChI is InChI=1S/C22H20F2N4O2/c1-22(2,3)30-21(29)25-10-12-4-6-13(7-5-12)18-20-19(27-11-26-18)17-15(24)8-14(23)9-16(17)28-20/h4-9,11,28H,10H2,1-3H3,(H,25,29). The summed E-state index contributed by atoms with van der Waals surface area (Å²) in [5.41, 5.74) is 2.90. The van der Waals surface area contributed by atoms with Crippen LogP contribution in [0.5, 0.6) is 0 Å². The molecule has 2 aromatic heterocycles. The highest BCUT2D eigenvalue weighted by Crippen LogP contribution is 2.32. The number of amides is 1. The summed E-state index contributed by atoms with van der Waals surface area (Å²) in [6.45, 7) is 5.71. The maximum Gasteiger partial charge on any atom is 0.407 e. The number of benzene rings is 2. The number of aromatic amines is 1. The Labute approximate surface area is 171 Å². The van der Waals surface area contributed by atoms with Crippen molar-refractivity contribution in [2.75, 3.05) is 0 Å². The monoisotopic (exact) mass is 410 g/mol. The zero-order valence-electron chi connectivity index (χ0n) is 16.7. The molecule has 0 fully saturated rings. The van der Waals surface area contributed by atoms with E-state index >= 15 is 0 Å². The summed E-state index contributed by atoms with van der Waals surface area (Å²) in [6.07, 6.45) is 0.863. The van der Waals surface area contributed by atoms with Crippen molar-refractivity contribution >= 4 is 28.0 Å². The van der Waals surface area contributed by atoms with Crippen LogP contribution in [0.2, 0.25) is 0 Å². The smallest absolute Gasteiger partial charge is 0.407 e. The third-order valence-corrected chi connectivity index (χ3v) is 4.46. The molecule has 0 saturated carbocycles. The SMILES string of the molecule is CC(C)(C)OC(=O)NCc1ccc(-c2ncnc3c2[nH]c2cc(F)cc(F)c23)cc1. The number of rotatable bonds is 3. The molecule has 0 spiro atoms. The Morgan fingerprint density at radius 3 is 2.57 bits per heavy atom. The molecule has 1 amide bonds. The topological polar surface area (TPSA) is 79.9 Å². The summed E-state index contributed by atoms with van der Waals surface area (Å²) in [5.74, 6) is -1.34. The number of aromatic nitrogens is 3. The lowest BCUT2D eigenvalue weighted by Crippen LogP contribution is -2.32. The average molecular weight is 410 g/mol. The minimum absolute atomic E-state index is 0.230. The predicted octanol–water partition coefficient (Wildman–Crippen LogP) is 5.08. The van der Waals surface area contributed by atoms with Crippen molar-refractivity contribution < 1.29 is 18.3 Å². The molecule has 2 heterocycles. The first-order chi connectivity index (χ1) is 14.2. The Bertz CT molecular complexity index is 1240. The van der Waals surface area contributed by atoms with Gasteiger partial charge in [-0.05, 0) is 32.4 Å². The first-order valence-corrected chi connectivity index (χ1v) is 9.39. The van der Waals surface area contributed by atoms with Crippen LogP contribution in [0.15, 0.2) is 42.7 Å². The van der Waals surface area contributed by atoms with Crippen LogP contribution < -0.4 is 5.32 Å². The molecule has 0 aliphatic rings. The number of carbonyl (C=O) groups excluding carboxylic acids is 1. The fourth-order valence-corrected chi connectivity index (χ4v) is 3.23. The van der Waals surface area contributed by atoms with Crippen molar-refractivity contribution in [2.24, 2.45) is 0 Å². The van der Waals surface area contributed by atoms with E-state index in [9.17, 15) is 13.6 Å². The van der Waals surface area contributed by atoms with E-state index in [0.717, 1.165) is 17.2 Å². The van der Waals surface area contributed by atoms with Crippen LogP contribution in [0, 0.1) is 11.6 Å². The third-order valence-electron chi connectivity index (χ3n) is 4.46. The Morgan fingerprint density at radius 1 is 1.13 bits per heavy atom. The number of ether oxygens (including phenoxy) is 1. The number of hydrogen-bond acceptors (Lipinski definition) is 4. The fraction of sp³-hybridized carbons (Fsp3) is 0.227. The lowest BCUT2D eigenvalue weighted by Gasteiger charge is -2.19. The van der Waals surface area contributed by atoms with Gasteiger partial charge in [0.15, 0.2) is 0 Å². The number of carbonyl (C=O) groups is 1. The summed E-state index contributed by atoms with van der Waals surface area (Å²) < 4.78 is 33.1. The number of nitrogens with zero attached hydrogens (tertiary/aromatic N) is 2. The second-order valence-corrected chi connectivity index (χ2v) is 7.93. The highest BCUT2D eigenvalue weighted by atomic mass is 19.1. The number of H-pyrrole nitrogens is 1. The average Bonchev–Trinajstić information content (AvgIpc) is 3.04. The van der Waals surface area contributed by atoms with Gasteiger partial charge in [-0.2, -0.15) is 0 Å². The molecule has 154 valence electrons. The molecule has 6 nitrogen and oxygen atoms in total. The lowest BCUT2D eigenvalue weighted by molar-refractivity contribution is 0.0523. The zero-order chi connectivity index (χ0) is 21.5. The van der Waals surface area contributed by atoms with Gasteiger partial charge < -0.3 is 15.0 Å². The van der Waals surface area contributed by atoms with Gasteiger partial charge in [-0.1, -0.05) is 24.3 Å². The molecule has 0 atom stereocenters. The Morgan fingerprint density at radius 2 is 1.87 bits per heavy atom. The maximum atomic E-state index is 14.3. The van der Waals surface area contributed by atoms with E-state index < -0.39 is 23.3 Å². The molecule has 4 aromatic rings. The Balaban J connectivity index is 1.62. The summed E-state index contributed by atoms with van der Waals surface area (Å²) in [6, 6.07) is 9.46. The molecular weight excluding hydrogens is 390 g/mol. The van der Waals surface area contributed by atoms with Crippen molar-refractivity contribution in [3.05, 3.63) is 59.9 Å². The van der Waals surface area contributed by atoms with Gasteiger partial charge in [0.2, 0.25) is 0 Å². The zero-order valence-corrected chi connectivity index (χ0v) is 16.7. The van der Waals surface area contributed by atoms with Gasteiger partial charge in [0.05, 0.1) is 22.1 Å². The maximum absolute atomic E-state index is 14.3. The first kappa shape index (κ1) is 19.8. The number of fused-ring (bicyclic) bond motifs is 3. The van der Waals surface area contributed by atoms with Crippen LogP contribution >= 0.6 is 0 Å².